The molecule has 2 saturated heterocycles. The minimum atomic E-state index is -0.241. The smallest absolute Gasteiger partial charge is 0.0989 e. The van der Waals surface area contributed by atoms with Crippen LogP contribution in [0, 0.1) is 0 Å². The van der Waals surface area contributed by atoms with Crippen LogP contribution in [0.4, 0.5) is 0 Å². The number of hydrogen-bond acceptors (Lipinski definition) is 3. The number of hydrogen-bond donors (Lipinski definition) is 2. The van der Waals surface area contributed by atoms with Crippen LogP contribution in [-0.4, -0.2) is 36.5 Å². The van der Waals surface area contributed by atoms with Crippen molar-refractivity contribution in [3.05, 3.63) is 0 Å². The van der Waals surface area contributed by atoms with Gasteiger partial charge in [0.2, 0.25) is 0 Å². The molecule has 0 unspecified atom stereocenters. The number of aliphatic hydroxyl groups excluding tert-OH is 1. The van der Waals surface area contributed by atoms with Crippen LogP contribution >= 0.6 is 12.4 Å². The van der Waals surface area contributed by atoms with E-state index in [4.69, 9.17) is 9.84 Å². The van der Waals surface area contributed by atoms with Gasteiger partial charge in [0.15, 0.2) is 0 Å². The lowest BCUT2D eigenvalue weighted by Crippen LogP contribution is -2.32. The molecule has 54 valence electrons. The number of aliphatic hydroxyl groups is 1. The topological polar surface area (TPSA) is 41.5 Å². The second-order valence-corrected chi connectivity index (χ2v) is 2.38. The van der Waals surface area contributed by atoms with E-state index in [-0.39, 0.29) is 30.7 Å². The summed E-state index contributed by atoms with van der Waals surface area (Å²) in [5.41, 5.74) is 0. The third-order valence-electron chi connectivity index (χ3n) is 1.86. The molecule has 9 heavy (non-hydrogen) atoms. The van der Waals surface area contributed by atoms with Gasteiger partial charge in [0.05, 0.1) is 24.9 Å². The lowest BCUT2D eigenvalue weighted by Gasteiger charge is -2.08. The number of nitrogens with one attached hydrogen (secondary N) is 1. The standard InChI is InChI=1S/C5H9NO2.ClH/c7-5-3-2-8-4(5)1-6-3;/h3-7H,1-2H2;1H/t3-,4-,5+;/m0./s1. The third kappa shape index (κ3) is 0.942. The van der Waals surface area contributed by atoms with Crippen molar-refractivity contribution in [3.63, 3.8) is 0 Å². The average Bonchev–Trinajstić information content (AvgIpc) is 2.29. The van der Waals surface area contributed by atoms with E-state index in [0.29, 0.717) is 6.61 Å². The Morgan fingerprint density at radius 1 is 1.56 bits per heavy atom. The molecule has 2 fully saturated rings. The maximum Gasteiger partial charge on any atom is 0.0989 e. The lowest BCUT2D eigenvalue weighted by atomic mass is 10.2. The van der Waals surface area contributed by atoms with Crippen LogP contribution in [-0.2, 0) is 4.74 Å². The molecule has 0 radical (unpaired) electrons. The molecule has 2 bridgehead atoms. The van der Waals surface area contributed by atoms with Gasteiger partial charge in [-0.25, -0.2) is 0 Å². The minimum absolute atomic E-state index is 0. The second-order valence-electron chi connectivity index (χ2n) is 2.38. The summed E-state index contributed by atoms with van der Waals surface area (Å²) in [6.45, 7) is 1.51. The highest BCUT2D eigenvalue weighted by Crippen LogP contribution is 2.19. The van der Waals surface area contributed by atoms with E-state index in [9.17, 15) is 0 Å². The monoisotopic (exact) mass is 151 g/mol. The molecule has 0 amide bonds. The van der Waals surface area contributed by atoms with Gasteiger partial charge >= 0.3 is 0 Å². The largest absolute Gasteiger partial charge is 0.389 e. The Bertz CT molecular complexity index is 91.1. The lowest BCUT2D eigenvalue weighted by molar-refractivity contribution is 0.0519. The fourth-order valence-corrected chi connectivity index (χ4v) is 1.31. The number of rotatable bonds is 0. The summed E-state index contributed by atoms with van der Waals surface area (Å²) < 4.78 is 5.15. The van der Waals surface area contributed by atoms with E-state index >= 15 is 0 Å². The van der Waals surface area contributed by atoms with Gasteiger partial charge in [-0.05, 0) is 0 Å². The van der Waals surface area contributed by atoms with E-state index in [1.54, 1.807) is 0 Å². The van der Waals surface area contributed by atoms with Crippen molar-refractivity contribution in [1.82, 2.24) is 5.32 Å². The molecule has 0 aromatic rings. The number of halogens is 1. The zero-order valence-corrected chi connectivity index (χ0v) is 5.73. The average molecular weight is 152 g/mol. The second kappa shape index (κ2) is 2.42. The molecule has 3 nitrogen and oxygen atoms in total. The zero-order chi connectivity index (χ0) is 5.56. The van der Waals surface area contributed by atoms with Crippen LogP contribution in [0.3, 0.4) is 0 Å². The molecule has 4 heteroatoms. The van der Waals surface area contributed by atoms with Crippen LogP contribution in [0.25, 0.3) is 0 Å². The highest BCUT2D eigenvalue weighted by atomic mass is 35.5. The highest BCUT2D eigenvalue weighted by Gasteiger charge is 2.41. The summed E-state index contributed by atoms with van der Waals surface area (Å²) in [5.74, 6) is 0. The molecule has 0 aromatic carbocycles. The van der Waals surface area contributed by atoms with Gasteiger partial charge in [-0.1, -0.05) is 0 Å². The van der Waals surface area contributed by atoms with Crippen molar-refractivity contribution < 1.29 is 9.84 Å². The molecular weight excluding hydrogens is 142 g/mol. The number of morpholine rings is 1. The van der Waals surface area contributed by atoms with Gasteiger partial charge < -0.3 is 15.2 Å². The Morgan fingerprint density at radius 2 is 2.33 bits per heavy atom. The first-order valence-electron chi connectivity index (χ1n) is 2.91. The van der Waals surface area contributed by atoms with Crippen LogP contribution in [0.1, 0.15) is 0 Å². The molecule has 2 rings (SSSR count). The number of fused-ring (bicyclic) bond motifs is 2. The summed E-state index contributed by atoms with van der Waals surface area (Å²) in [4.78, 5) is 0. The summed E-state index contributed by atoms with van der Waals surface area (Å²) >= 11 is 0. The molecule has 2 N–H and O–H groups in total. The van der Waals surface area contributed by atoms with Crippen LogP contribution in [0.2, 0.25) is 0 Å². The van der Waals surface area contributed by atoms with E-state index in [2.05, 4.69) is 5.32 Å². The van der Waals surface area contributed by atoms with Gasteiger partial charge in [0.1, 0.15) is 0 Å². The van der Waals surface area contributed by atoms with Crippen LogP contribution < -0.4 is 5.32 Å². The maximum absolute atomic E-state index is 9.14. The van der Waals surface area contributed by atoms with Gasteiger partial charge in [-0.2, -0.15) is 0 Å². The van der Waals surface area contributed by atoms with E-state index in [1.165, 1.54) is 0 Å². The number of ether oxygens (including phenoxy) is 1. The summed E-state index contributed by atoms with van der Waals surface area (Å²) in [6.07, 6.45) is -0.157. The van der Waals surface area contributed by atoms with Crippen LogP contribution in [0.15, 0.2) is 0 Å². The first-order valence-corrected chi connectivity index (χ1v) is 2.91. The fourth-order valence-electron chi connectivity index (χ4n) is 1.31. The molecular formula is C5H10ClNO2. The molecule has 0 aliphatic carbocycles. The quantitative estimate of drug-likeness (QED) is 0.474. The molecule has 3 atom stereocenters. The normalized spacial score (nSPS) is 47.0. The minimum Gasteiger partial charge on any atom is -0.389 e. The van der Waals surface area contributed by atoms with Gasteiger partial charge in [0.25, 0.3) is 0 Å². The van der Waals surface area contributed by atoms with Gasteiger partial charge in [-0.3, -0.25) is 0 Å². The van der Waals surface area contributed by atoms with Crippen molar-refractivity contribution in [2.24, 2.45) is 0 Å². The Hall–Kier alpha value is 0.170. The molecule has 0 aromatic heterocycles. The fraction of sp³-hybridized carbons (Fsp3) is 1.00. The predicted octanol–water partition coefficient (Wildman–Crippen LogP) is -0.860. The first-order chi connectivity index (χ1) is 3.88. The summed E-state index contributed by atoms with van der Waals surface area (Å²) in [5, 5.41) is 12.3. The Balaban J connectivity index is 0.000000405. The van der Waals surface area contributed by atoms with E-state index in [0.717, 1.165) is 6.54 Å². The van der Waals surface area contributed by atoms with E-state index < -0.39 is 0 Å². The highest BCUT2D eigenvalue weighted by molar-refractivity contribution is 5.85. The Morgan fingerprint density at radius 3 is 2.44 bits per heavy atom. The molecule has 0 spiro atoms. The van der Waals surface area contributed by atoms with Gasteiger partial charge in [0, 0.05) is 6.54 Å². The van der Waals surface area contributed by atoms with Crippen molar-refractivity contribution in [3.8, 4) is 0 Å². The van der Waals surface area contributed by atoms with Gasteiger partial charge in [-0.15, -0.1) is 12.4 Å². The molecule has 2 aliphatic rings. The van der Waals surface area contributed by atoms with Crippen LogP contribution in [0.5, 0.6) is 0 Å². The summed E-state index contributed by atoms with van der Waals surface area (Å²) in [6, 6.07) is 0.222. The molecule has 0 saturated carbocycles. The maximum atomic E-state index is 9.14. The van der Waals surface area contributed by atoms with E-state index in [1.807, 2.05) is 0 Å². The van der Waals surface area contributed by atoms with Crippen molar-refractivity contribution in [2.75, 3.05) is 13.2 Å². The predicted molar refractivity (Wildman–Crippen MR) is 34.8 cm³/mol. The van der Waals surface area contributed by atoms with Crippen molar-refractivity contribution in [1.29, 1.82) is 0 Å². The van der Waals surface area contributed by atoms with Crippen molar-refractivity contribution in [2.45, 2.75) is 18.2 Å². The molecule has 2 aliphatic heterocycles. The van der Waals surface area contributed by atoms with Crippen molar-refractivity contribution >= 4 is 12.4 Å². The summed E-state index contributed by atoms with van der Waals surface area (Å²) in [7, 11) is 0. The zero-order valence-electron chi connectivity index (χ0n) is 4.91. The Labute approximate surface area is 59.8 Å². The third-order valence-corrected chi connectivity index (χ3v) is 1.86. The SMILES string of the molecule is Cl.O[C@@H]1[C@@H]2CO[C@H]1CN2. The molecule has 2 heterocycles. The Kier molecular flexibility index (Phi) is 1.96. The first kappa shape index (κ1) is 7.28.